The molecule has 5 aliphatic carbocycles. The number of carboxylic acid groups (broad SMARTS) is 1. The number of methoxy groups -OCH3 is 1. The number of hydrogen-bond acceptors (Lipinski definition) is 14. The zero-order valence-corrected chi connectivity index (χ0v) is 35.1. The Morgan fingerprint density at radius 3 is 2.07 bits per heavy atom. The van der Waals surface area contributed by atoms with E-state index in [1.165, 1.54) is 12.7 Å². The van der Waals surface area contributed by atoms with Gasteiger partial charge in [0.1, 0.15) is 42.7 Å². The van der Waals surface area contributed by atoms with Gasteiger partial charge in [-0.15, -0.1) is 0 Å². The third kappa shape index (κ3) is 6.47. The van der Waals surface area contributed by atoms with Crippen molar-refractivity contribution in [1.82, 2.24) is 0 Å². The molecule has 0 radical (unpaired) electrons. The molecule has 15 heteroatoms. The summed E-state index contributed by atoms with van der Waals surface area (Å²) >= 11 is 0. The van der Waals surface area contributed by atoms with Crippen LogP contribution in [0, 0.1) is 50.2 Å². The molecule has 4 saturated carbocycles. The third-order valence-corrected chi connectivity index (χ3v) is 17.4. The van der Waals surface area contributed by atoms with Gasteiger partial charge in [0, 0.05) is 5.92 Å². The van der Waals surface area contributed by atoms with Crippen LogP contribution in [-0.2, 0) is 38.1 Å². The number of ether oxygens (including phenoxy) is 5. The molecule has 0 amide bonds. The van der Waals surface area contributed by atoms with Gasteiger partial charge in [0.25, 0.3) is 0 Å². The Bertz CT molecular complexity index is 1670. The first-order valence-corrected chi connectivity index (χ1v) is 21.1. The second-order valence-corrected chi connectivity index (χ2v) is 20.8. The lowest BCUT2D eigenvalue weighted by atomic mass is 9.33. The van der Waals surface area contributed by atoms with Crippen LogP contribution in [0.5, 0.6) is 0 Å². The Balaban J connectivity index is 1.09. The van der Waals surface area contributed by atoms with Gasteiger partial charge in [0.05, 0.1) is 25.2 Å². The van der Waals surface area contributed by atoms with Gasteiger partial charge < -0.3 is 59.4 Å². The summed E-state index contributed by atoms with van der Waals surface area (Å²) in [6.45, 7) is 15.0. The summed E-state index contributed by atoms with van der Waals surface area (Å²) in [5.41, 5.74) is -0.883. The topological polar surface area (TPSA) is 239 Å². The monoisotopic (exact) mass is 822 g/mol. The fraction of sp³-hybridized carbons (Fsp3) is 0.884. The SMILES string of the molecule is COC(=O)[C@@]1(C)CC[C@]2(C)CC[C@]3(C)C(=CC(=O)[C@@H]4[C@@]5(C)CC[C@H](O[C@H]6O[C@H](CO[C@@H]7O[C@H](C(=O)O)[C@@H](O)[C@H](O)[C@H]7O)[C@@H](O)[C@H](O)[C@H]6O)C(C)(C)[C@@H]5CC[C@]43C)[C@@H]2C1. The van der Waals surface area contributed by atoms with Crippen molar-refractivity contribution in [2.24, 2.45) is 50.2 Å². The molecule has 0 bridgehead atoms. The van der Waals surface area contributed by atoms with Crippen LogP contribution in [0.4, 0.5) is 0 Å². The molecular formula is C43H66O15. The molecular weight excluding hydrogens is 756 g/mol. The molecule has 2 saturated heterocycles. The number of aliphatic carboxylic acids is 1. The highest BCUT2D eigenvalue weighted by Crippen LogP contribution is 2.75. The zero-order chi connectivity index (χ0) is 42.7. The fourth-order valence-electron chi connectivity index (χ4n) is 13.5. The summed E-state index contributed by atoms with van der Waals surface area (Å²) in [7, 11) is 1.45. The Morgan fingerprint density at radius 2 is 1.41 bits per heavy atom. The van der Waals surface area contributed by atoms with E-state index < -0.39 is 96.3 Å². The van der Waals surface area contributed by atoms with Crippen LogP contribution in [0.15, 0.2) is 11.6 Å². The first-order chi connectivity index (χ1) is 26.9. The molecule has 0 aromatic carbocycles. The molecule has 15 nitrogen and oxygen atoms in total. The maximum absolute atomic E-state index is 14.9. The minimum atomic E-state index is -1.92. The smallest absolute Gasteiger partial charge is 0.335 e. The maximum atomic E-state index is 14.9. The highest BCUT2D eigenvalue weighted by Gasteiger charge is 2.70. The molecule has 0 aromatic heterocycles. The number of ketones is 1. The van der Waals surface area contributed by atoms with E-state index in [0.717, 1.165) is 38.5 Å². The molecule has 328 valence electrons. The summed E-state index contributed by atoms with van der Waals surface area (Å²) in [5, 5.41) is 72.9. The minimum Gasteiger partial charge on any atom is -0.479 e. The Kier molecular flexibility index (Phi) is 11.2. The van der Waals surface area contributed by atoms with Gasteiger partial charge in [-0.05, 0) is 110 Å². The predicted molar refractivity (Wildman–Crippen MR) is 203 cm³/mol. The van der Waals surface area contributed by atoms with Crippen LogP contribution in [0.25, 0.3) is 0 Å². The molecule has 19 atom stereocenters. The van der Waals surface area contributed by atoms with Crippen molar-refractivity contribution in [2.45, 2.75) is 174 Å². The van der Waals surface area contributed by atoms with Crippen LogP contribution in [0.2, 0.25) is 0 Å². The van der Waals surface area contributed by atoms with E-state index in [9.17, 15) is 50.1 Å². The van der Waals surface area contributed by atoms with E-state index in [-0.39, 0.29) is 45.8 Å². The van der Waals surface area contributed by atoms with Crippen LogP contribution in [-0.4, -0.2) is 135 Å². The van der Waals surface area contributed by atoms with E-state index in [2.05, 4.69) is 41.5 Å². The second-order valence-electron chi connectivity index (χ2n) is 20.8. The van der Waals surface area contributed by atoms with Gasteiger partial charge in [-0.1, -0.05) is 47.1 Å². The van der Waals surface area contributed by atoms with Gasteiger partial charge in [0.2, 0.25) is 0 Å². The Labute approximate surface area is 340 Å². The number of rotatable bonds is 7. The number of aliphatic hydroxyl groups is 6. The Morgan fingerprint density at radius 1 is 0.776 bits per heavy atom. The number of allylic oxidation sites excluding steroid dienone is 2. The normalized spacial score (nSPS) is 52.6. The molecule has 0 unspecified atom stereocenters. The van der Waals surface area contributed by atoms with Crippen molar-refractivity contribution >= 4 is 17.7 Å². The number of aliphatic hydroxyl groups excluding tert-OH is 6. The van der Waals surface area contributed by atoms with E-state index in [0.29, 0.717) is 19.3 Å². The summed E-state index contributed by atoms with van der Waals surface area (Å²) < 4.78 is 28.5. The summed E-state index contributed by atoms with van der Waals surface area (Å²) in [6, 6.07) is 0. The number of carbonyl (C=O) groups excluding carboxylic acids is 2. The highest BCUT2D eigenvalue weighted by molar-refractivity contribution is 5.95. The van der Waals surface area contributed by atoms with Crippen LogP contribution < -0.4 is 0 Å². The van der Waals surface area contributed by atoms with Crippen LogP contribution >= 0.6 is 0 Å². The predicted octanol–water partition coefficient (Wildman–Crippen LogP) is 2.24. The molecule has 0 spiro atoms. The van der Waals surface area contributed by atoms with Crippen molar-refractivity contribution in [3.8, 4) is 0 Å². The van der Waals surface area contributed by atoms with Crippen molar-refractivity contribution in [3.63, 3.8) is 0 Å². The molecule has 6 fully saturated rings. The van der Waals surface area contributed by atoms with Crippen molar-refractivity contribution in [3.05, 3.63) is 11.6 Å². The molecule has 7 N–H and O–H groups in total. The van der Waals surface area contributed by atoms with Crippen molar-refractivity contribution in [1.29, 1.82) is 0 Å². The lowest BCUT2D eigenvalue weighted by molar-refractivity contribution is -0.343. The largest absolute Gasteiger partial charge is 0.479 e. The van der Waals surface area contributed by atoms with Gasteiger partial charge >= 0.3 is 11.9 Å². The van der Waals surface area contributed by atoms with Gasteiger partial charge in [-0.3, -0.25) is 9.59 Å². The lowest BCUT2D eigenvalue weighted by Gasteiger charge is -2.70. The Hall–Kier alpha value is -2.05. The van der Waals surface area contributed by atoms with Crippen molar-refractivity contribution in [2.75, 3.05) is 13.7 Å². The average molecular weight is 823 g/mol. The lowest BCUT2D eigenvalue weighted by Crippen LogP contribution is -2.67. The number of esters is 1. The standard InChI is InChI=1S/C43H66O15/c1-38(2)24-9-12-43(7)33(22(44)17-20-21-18-40(4,37(53)54-8)14-13-39(21,3)15-16-42(20,43)6)41(24,5)11-10-25(38)57-36-31(50)27(46)26(45)23(56-36)19-55-35-30(49)28(47)29(48)32(58-35)34(51)52/h17,21,23-33,35-36,45-50H,9-16,18-19H2,1-8H3,(H,51,52)/t21-,23+,24-,25-,26+,27-,28-,29-,30+,31+,32-,33+,35+,36+,39+,40-,41-,42+,43+/m0/s1. The highest BCUT2D eigenvalue weighted by atomic mass is 16.7. The molecule has 58 heavy (non-hydrogen) atoms. The molecule has 7 aliphatic rings. The number of carboxylic acids is 1. The van der Waals surface area contributed by atoms with E-state index in [4.69, 9.17) is 23.7 Å². The van der Waals surface area contributed by atoms with E-state index in [1.807, 2.05) is 13.0 Å². The summed E-state index contributed by atoms with van der Waals surface area (Å²) in [5.74, 6) is -1.73. The number of fused-ring (bicyclic) bond motifs is 7. The van der Waals surface area contributed by atoms with E-state index in [1.54, 1.807) is 0 Å². The number of carbonyl (C=O) groups is 3. The first kappa shape index (κ1) is 44.0. The first-order valence-electron chi connectivity index (χ1n) is 21.1. The summed E-state index contributed by atoms with van der Waals surface area (Å²) in [6.07, 6.45) is -8.36. The molecule has 7 rings (SSSR count). The van der Waals surface area contributed by atoms with Gasteiger partial charge in [0.15, 0.2) is 24.5 Å². The zero-order valence-electron chi connectivity index (χ0n) is 35.1. The molecule has 2 aliphatic heterocycles. The third-order valence-electron chi connectivity index (χ3n) is 17.4. The van der Waals surface area contributed by atoms with Gasteiger partial charge in [-0.2, -0.15) is 0 Å². The van der Waals surface area contributed by atoms with Crippen LogP contribution in [0.3, 0.4) is 0 Å². The fourth-order valence-corrected chi connectivity index (χ4v) is 13.5. The molecule has 0 aromatic rings. The van der Waals surface area contributed by atoms with Crippen LogP contribution in [0.1, 0.15) is 106 Å². The summed E-state index contributed by atoms with van der Waals surface area (Å²) in [4.78, 5) is 39.5. The number of hydrogen-bond donors (Lipinski definition) is 7. The van der Waals surface area contributed by atoms with E-state index >= 15 is 0 Å². The van der Waals surface area contributed by atoms with Crippen molar-refractivity contribution < 1.29 is 73.8 Å². The molecule has 2 heterocycles. The maximum Gasteiger partial charge on any atom is 0.335 e. The second kappa shape index (κ2) is 14.8. The quantitative estimate of drug-likeness (QED) is 0.144. The van der Waals surface area contributed by atoms with Gasteiger partial charge in [-0.25, -0.2) is 4.79 Å². The minimum absolute atomic E-state index is 0.00172. The average Bonchev–Trinajstić information content (AvgIpc) is 3.16.